The van der Waals surface area contributed by atoms with E-state index in [1.165, 1.54) is 5.56 Å². The number of benzene rings is 1. The van der Waals surface area contributed by atoms with Crippen LogP contribution in [0, 0.1) is 24.7 Å². The standard InChI is InChI=1S/C17H21ClO2.C2H2/c1-3-20-17(19)16-6-4-5-14(12(16)2)11-13-7-9-15(18)10-8-13;1-2/h7-10,14,16H,2-6,11H2,1H3;1-2H. The van der Waals surface area contributed by atoms with Crippen LogP contribution in [0.3, 0.4) is 0 Å². The highest BCUT2D eigenvalue weighted by Gasteiger charge is 2.31. The summed E-state index contributed by atoms with van der Waals surface area (Å²) in [6.45, 7) is 6.44. The van der Waals surface area contributed by atoms with Crippen LogP contribution >= 0.6 is 11.6 Å². The summed E-state index contributed by atoms with van der Waals surface area (Å²) in [4.78, 5) is 12.0. The predicted molar refractivity (Wildman–Crippen MR) is 91.7 cm³/mol. The van der Waals surface area contributed by atoms with Crippen molar-refractivity contribution >= 4 is 17.6 Å². The van der Waals surface area contributed by atoms with Crippen molar-refractivity contribution in [1.82, 2.24) is 0 Å². The molecule has 0 spiro atoms. The largest absolute Gasteiger partial charge is 0.466 e. The first-order chi connectivity index (χ1) is 10.6. The van der Waals surface area contributed by atoms with Gasteiger partial charge in [-0.3, -0.25) is 4.79 Å². The van der Waals surface area contributed by atoms with Crippen LogP contribution in [-0.4, -0.2) is 12.6 Å². The summed E-state index contributed by atoms with van der Waals surface area (Å²) in [5.74, 6) is 0.124. The maximum atomic E-state index is 12.0. The molecule has 118 valence electrons. The Balaban J connectivity index is 0.00000116. The monoisotopic (exact) mass is 318 g/mol. The fourth-order valence-corrected chi connectivity index (χ4v) is 3.00. The molecule has 1 saturated carbocycles. The lowest BCUT2D eigenvalue weighted by Crippen LogP contribution is -2.28. The van der Waals surface area contributed by atoms with Gasteiger partial charge in [0.25, 0.3) is 0 Å². The first-order valence-corrected chi connectivity index (χ1v) is 7.92. The summed E-state index contributed by atoms with van der Waals surface area (Å²) < 4.78 is 5.15. The molecule has 0 amide bonds. The van der Waals surface area contributed by atoms with E-state index in [4.69, 9.17) is 16.3 Å². The first kappa shape index (κ1) is 18.3. The molecule has 1 aromatic rings. The average molecular weight is 319 g/mol. The molecule has 0 radical (unpaired) electrons. The fraction of sp³-hybridized carbons (Fsp3) is 0.421. The Morgan fingerprint density at radius 2 is 1.95 bits per heavy atom. The maximum Gasteiger partial charge on any atom is 0.313 e. The zero-order valence-electron chi connectivity index (χ0n) is 13.1. The number of hydrogen-bond donors (Lipinski definition) is 0. The third kappa shape index (κ3) is 4.93. The molecule has 0 aliphatic heterocycles. The van der Waals surface area contributed by atoms with E-state index in [0.29, 0.717) is 12.5 Å². The van der Waals surface area contributed by atoms with Gasteiger partial charge < -0.3 is 4.74 Å². The molecular weight excluding hydrogens is 296 g/mol. The van der Waals surface area contributed by atoms with Gasteiger partial charge in [-0.1, -0.05) is 42.3 Å². The number of halogens is 1. The highest BCUT2D eigenvalue weighted by Crippen LogP contribution is 2.36. The Morgan fingerprint density at radius 3 is 2.55 bits per heavy atom. The van der Waals surface area contributed by atoms with E-state index in [1.807, 2.05) is 31.2 Å². The quantitative estimate of drug-likeness (QED) is 0.458. The maximum absolute atomic E-state index is 12.0. The van der Waals surface area contributed by atoms with Crippen molar-refractivity contribution in [2.75, 3.05) is 6.61 Å². The summed E-state index contributed by atoms with van der Waals surface area (Å²) in [7, 11) is 0. The van der Waals surface area contributed by atoms with Crippen LogP contribution in [-0.2, 0) is 16.0 Å². The Bertz CT molecular complexity index is 516. The summed E-state index contributed by atoms with van der Waals surface area (Å²) in [5.41, 5.74) is 2.27. The van der Waals surface area contributed by atoms with Gasteiger partial charge >= 0.3 is 5.97 Å². The minimum Gasteiger partial charge on any atom is -0.466 e. The van der Waals surface area contributed by atoms with E-state index in [1.54, 1.807) is 0 Å². The number of ether oxygens (including phenoxy) is 1. The van der Waals surface area contributed by atoms with Crippen LogP contribution in [0.4, 0.5) is 0 Å². The molecule has 1 aliphatic rings. The number of hydrogen-bond acceptors (Lipinski definition) is 2. The van der Waals surface area contributed by atoms with Gasteiger partial charge in [0, 0.05) is 5.02 Å². The molecule has 0 saturated heterocycles. The molecule has 0 aromatic heterocycles. The second kappa shape index (κ2) is 9.33. The Hall–Kier alpha value is -1.72. The van der Waals surface area contributed by atoms with Gasteiger partial charge in [-0.25, -0.2) is 0 Å². The van der Waals surface area contributed by atoms with Crippen LogP contribution < -0.4 is 0 Å². The predicted octanol–water partition coefficient (Wildman–Crippen LogP) is 4.67. The fourth-order valence-electron chi connectivity index (χ4n) is 2.87. The Morgan fingerprint density at radius 1 is 1.32 bits per heavy atom. The molecule has 1 fully saturated rings. The Labute approximate surface area is 138 Å². The van der Waals surface area contributed by atoms with Crippen LogP contribution in [0.15, 0.2) is 36.4 Å². The smallest absolute Gasteiger partial charge is 0.313 e. The van der Waals surface area contributed by atoms with Crippen molar-refractivity contribution < 1.29 is 9.53 Å². The van der Waals surface area contributed by atoms with Crippen molar-refractivity contribution in [3.05, 3.63) is 47.0 Å². The van der Waals surface area contributed by atoms with Crippen molar-refractivity contribution in [1.29, 1.82) is 0 Å². The molecule has 0 bridgehead atoms. The topological polar surface area (TPSA) is 26.3 Å². The van der Waals surface area contributed by atoms with Crippen molar-refractivity contribution in [3.63, 3.8) is 0 Å². The van der Waals surface area contributed by atoms with E-state index >= 15 is 0 Å². The van der Waals surface area contributed by atoms with Gasteiger partial charge in [0.15, 0.2) is 0 Å². The lowest BCUT2D eigenvalue weighted by molar-refractivity contribution is -0.147. The number of esters is 1. The highest BCUT2D eigenvalue weighted by molar-refractivity contribution is 6.30. The molecule has 2 rings (SSSR count). The lowest BCUT2D eigenvalue weighted by Gasteiger charge is -2.30. The minimum atomic E-state index is -0.124. The van der Waals surface area contributed by atoms with E-state index in [-0.39, 0.29) is 11.9 Å². The molecular formula is C19H23ClO2. The third-order valence-corrected chi connectivity index (χ3v) is 4.24. The van der Waals surface area contributed by atoms with Gasteiger partial charge in [0.2, 0.25) is 0 Å². The molecule has 22 heavy (non-hydrogen) atoms. The van der Waals surface area contributed by atoms with Gasteiger partial charge in [0.05, 0.1) is 12.5 Å². The van der Waals surface area contributed by atoms with Crippen LogP contribution in [0.2, 0.25) is 5.02 Å². The third-order valence-electron chi connectivity index (χ3n) is 3.98. The summed E-state index contributed by atoms with van der Waals surface area (Å²) in [5, 5.41) is 0.751. The summed E-state index contributed by atoms with van der Waals surface area (Å²) in [6.07, 6.45) is 11.9. The van der Waals surface area contributed by atoms with Crippen LogP contribution in [0.25, 0.3) is 0 Å². The van der Waals surface area contributed by atoms with Gasteiger partial charge in [-0.2, -0.15) is 0 Å². The molecule has 2 unspecified atom stereocenters. The minimum absolute atomic E-state index is 0.113. The zero-order valence-corrected chi connectivity index (χ0v) is 13.8. The number of carbonyl (C=O) groups excluding carboxylic acids is 1. The molecule has 0 N–H and O–H groups in total. The van der Waals surface area contributed by atoms with Crippen molar-refractivity contribution in [3.8, 4) is 12.8 Å². The summed E-state index contributed by atoms with van der Waals surface area (Å²) in [6, 6.07) is 7.91. The van der Waals surface area contributed by atoms with Crippen LogP contribution in [0.5, 0.6) is 0 Å². The SMILES string of the molecule is C#C.C=C1C(Cc2ccc(Cl)cc2)CCCC1C(=O)OCC. The van der Waals surface area contributed by atoms with Crippen LogP contribution in [0.1, 0.15) is 31.7 Å². The Kier molecular flexibility index (Phi) is 7.77. The van der Waals surface area contributed by atoms with E-state index in [0.717, 1.165) is 36.3 Å². The number of rotatable bonds is 4. The molecule has 2 nitrogen and oxygen atoms in total. The lowest BCUT2D eigenvalue weighted by atomic mass is 9.75. The molecule has 1 aliphatic carbocycles. The molecule has 1 aromatic carbocycles. The van der Waals surface area contributed by atoms with Gasteiger partial charge in [-0.05, 0) is 49.8 Å². The number of carbonyl (C=O) groups is 1. The van der Waals surface area contributed by atoms with Crippen molar-refractivity contribution in [2.45, 2.75) is 32.6 Å². The molecule has 2 atom stereocenters. The molecule has 0 heterocycles. The zero-order chi connectivity index (χ0) is 16.5. The average Bonchev–Trinajstić information content (AvgIpc) is 2.53. The first-order valence-electron chi connectivity index (χ1n) is 7.55. The van der Waals surface area contributed by atoms with Crippen molar-refractivity contribution in [2.24, 2.45) is 11.8 Å². The number of terminal acetylenes is 1. The molecule has 3 heteroatoms. The van der Waals surface area contributed by atoms with E-state index in [9.17, 15) is 4.79 Å². The van der Waals surface area contributed by atoms with Gasteiger partial charge in [0.1, 0.15) is 0 Å². The summed E-state index contributed by atoms with van der Waals surface area (Å²) >= 11 is 5.90. The second-order valence-electron chi connectivity index (χ2n) is 5.34. The highest BCUT2D eigenvalue weighted by atomic mass is 35.5. The van der Waals surface area contributed by atoms with E-state index < -0.39 is 0 Å². The van der Waals surface area contributed by atoms with E-state index in [2.05, 4.69) is 19.4 Å². The second-order valence-corrected chi connectivity index (χ2v) is 5.77. The van der Waals surface area contributed by atoms with Gasteiger partial charge in [-0.15, -0.1) is 12.8 Å². The normalized spacial score (nSPS) is 20.6.